The summed E-state index contributed by atoms with van der Waals surface area (Å²) in [5.74, 6) is 0.357. The number of rotatable bonds is 3. The average molecular weight is 189 g/mol. The van der Waals surface area contributed by atoms with Crippen LogP contribution in [0.25, 0.3) is 0 Å². The van der Waals surface area contributed by atoms with Gasteiger partial charge in [0.2, 0.25) is 0 Å². The van der Waals surface area contributed by atoms with Gasteiger partial charge in [0.1, 0.15) is 0 Å². The molecule has 2 heteroatoms. The Balaban J connectivity index is 3.22. The van der Waals surface area contributed by atoms with Crippen molar-refractivity contribution in [2.75, 3.05) is 7.11 Å². The summed E-state index contributed by atoms with van der Waals surface area (Å²) in [6.07, 6.45) is 0. The third-order valence-electron chi connectivity index (χ3n) is 2.19. The van der Waals surface area contributed by atoms with Crippen LogP contribution in [0, 0.1) is 11.3 Å². The van der Waals surface area contributed by atoms with E-state index in [0.717, 1.165) is 16.7 Å². The molecular weight excluding hydrogens is 174 g/mol. The van der Waals surface area contributed by atoms with Gasteiger partial charge in [0.15, 0.2) is 0 Å². The number of methoxy groups -OCH3 is 1. The molecule has 1 rings (SSSR count). The normalized spacial score (nSPS) is 10.2. The first-order valence-electron chi connectivity index (χ1n) is 4.71. The van der Waals surface area contributed by atoms with E-state index < -0.39 is 0 Å². The van der Waals surface area contributed by atoms with Crippen LogP contribution in [-0.2, 0) is 11.3 Å². The molecule has 0 N–H and O–H groups in total. The van der Waals surface area contributed by atoms with E-state index in [1.54, 1.807) is 7.11 Å². The number of benzene rings is 1. The molecule has 0 fully saturated rings. The molecule has 0 aliphatic heterocycles. The van der Waals surface area contributed by atoms with Gasteiger partial charge in [0, 0.05) is 7.11 Å². The van der Waals surface area contributed by atoms with Crippen LogP contribution >= 0.6 is 0 Å². The summed E-state index contributed by atoms with van der Waals surface area (Å²) in [6, 6.07) is 7.99. The Labute approximate surface area is 85.1 Å². The Bertz CT molecular complexity index is 350. The fourth-order valence-electron chi connectivity index (χ4n) is 1.67. The van der Waals surface area contributed by atoms with Gasteiger partial charge in [-0.1, -0.05) is 26.0 Å². The second kappa shape index (κ2) is 4.78. The van der Waals surface area contributed by atoms with E-state index in [4.69, 9.17) is 10.00 Å². The highest BCUT2D eigenvalue weighted by Gasteiger charge is 2.10. The van der Waals surface area contributed by atoms with Crippen LogP contribution in [0.5, 0.6) is 0 Å². The smallest absolute Gasteiger partial charge is 0.0994 e. The van der Waals surface area contributed by atoms with Crippen molar-refractivity contribution < 1.29 is 4.74 Å². The van der Waals surface area contributed by atoms with Gasteiger partial charge >= 0.3 is 0 Å². The molecule has 0 saturated heterocycles. The van der Waals surface area contributed by atoms with Crippen molar-refractivity contribution in [3.8, 4) is 6.07 Å². The molecule has 0 unspecified atom stereocenters. The minimum absolute atomic E-state index is 0.357. The average Bonchev–Trinajstić information content (AvgIpc) is 2.17. The van der Waals surface area contributed by atoms with E-state index in [2.05, 4.69) is 19.9 Å². The molecule has 74 valence electrons. The zero-order chi connectivity index (χ0) is 10.6. The Morgan fingerprint density at radius 3 is 2.64 bits per heavy atom. The molecule has 0 atom stereocenters. The predicted octanol–water partition coefficient (Wildman–Crippen LogP) is 2.83. The summed E-state index contributed by atoms with van der Waals surface area (Å²) >= 11 is 0. The van der Waals surface area contributed by atoms with Crippen LogP contribution in [0.2, 0.25) is 0 Å². The van der Waals surface area contributed by atoms with E-state index in [-0.39, 0.29) is 0 Å². The summed E-state index contributed by atoms with van der Waals surface area (Å²) in [5.41, 5.74) is 2.98. The second-order valence-electron chi connectivity index (χ2n) is 3.58. The summed E-state index contributed by atoms with van der Waals surface area (Å²) in [4.78, 5) is 0. The van der Waals surface area contributed by atoms with Gasteiger partial charge in [-0.15, -0.1) is 0 Å². The van der Waals surface area contributed by atoms with Crippen LogP contribution in [0.15, 0.2) is 18.2 Å². The molecule has 0 radical (unpaired) electrons. The standard InChI is InChI=1S/C12H15NO/c1-9(2)12-10(7-13)5-4-6-11(12)8-14-3/h4-6,9H,8H2,1-3H3. The number of ether oxygens (including phenoxy) is 1. The molecule has 0 bridgehead atoms. The lowest BCUT2D eigenvalue weighted by Crippen LogP contribution is -2.01. The Morgan fingerprint density at radius 1 is 1.43 bits per heavy atom. The van der Waals surface area contributed by atoms with Crippen LogP contribution in [-0.4, -0.2) is 7.11 Å². The molecule has 0 spiro atoms. The molecule has 0 aliphatic carbocycles. The lowest BCUT2D eigenvalue weighted by Gasteiger charge is -2.13. The highest BCUT2D eigenvalue weighted by atomic mass is 16.5. The van der Waals surface area contributed by atoms with Crippen molar-refractivity contribution in [3.63, 3.8) is 0 Å². The molecule has 0 aliphatic rings. The molecule has 0 heterocycles. The summed E-state index contributed by atoms with van der Waals surface area (Å²) in [6.45, 7) is 4.76. The van der Waals surface area contributed by atoms with Crippen LogP contribution < -0.4 is 0 Å². The first-order valence-corrected chi connectivity index (χ1v) is 4.71. The highest BCUT2D eigenvalue weighted by molar-refractivity contribution is 5.44. The molecule has 0 amide bonds. The van der Waals surface area contributed by atoms with Crippen molar-refractivity contribution in [2.45, 2.75) is 26.4 Å². The first kappa shape index (κ1) is 10.7. The number of nitrogens with zero attached hydrogens (tertiary/aromatic N) is 1. The molecule has 1 aromatic rings. The van der Waals surface area contributed by atoms with Crippen molar-refractivity contribution >= 4 is 0 Å². The van der Waals surface area contributed by atoms with Gasteiger partial charge in [0.05, 0.1) is 18.2 Å². The summed E-state index contributed by atoms with van der Waals surface area (Å²) < 4.78 is 5.11. The molecule has 0 saturated carbocycles. The fraction of sp³-hybridized carbons (Fsp3) is 0.417. The van der Waals surface area contributed by atoms with Crippen LogP contribution in [0.1, 0.15) is 36.5 Å². The zero-order valence-electron chi connectivity index (χ0n) is 8.87. The number of hydrogen-bond acceptors (Lipinski definition) is 2. The third kappa shape index (κ3) is 2.12. The van der Waals surface area contributed by atoms with Crippen molar-refractivity contribution in [1.29, 1.82) is 5.26 Å². The zero-order valence-corrected chi connectivity index (χ0v) is 8.87. The van der Waals surface area contributed by atoms with Crippen molar-refractivity contribution in [2.24, 2.45) is 0 Å². The first-order chi connectivity index (χ1) is 6.70. The molecule has 0 aromatic heterocycles. The Morgan fingerprint density at radius 2 is 2.14 bits per heavy atom. The lowest BCUT2D eigenvalue weighted by molar-refractivity contribution is 0.184. The van der Waals surface area contributed by atoms with Gasteiger partial charge in [-0.3, -0.25) is 0 Å². The van der Waals surface area contributed by atoms with E-state index in [0.29, 0.717) is 12.5 Å². The van der Waals surface area contributed by atoms with Gasteiger partial charge in [0.25, 0.3) is 0 Å². The predicted molar refractivity (Wildman–Crippen MR) is 56.0 cm³/mol. The monoisotopic (exact) mass is 189 g/mol. The van der Waals surface area contributed by atoms with Crippen LogP contribution in [0.3, 0.4) is 0 Å². The van der Waals surface area contributed by atoms with E-state index >= 15 is 0 Å². The Hall–Kier alpha value is -1.33. The quantitative estimate of drug-likeness (QED) is 0.732. The lowest BCUT2D eigenvalue weighted by atomic mass is 9.93. The van der Waals surface area contributed by atoms with Gasteiger partial charge in [-0.2, -0.15) is 5.26 Å². The van der Waals surface area contributed by atoms with Gasteiger partial charge in [-0.05, 0) is 23.1 Å². The molecule has 1 aromatic carbocycles. The van der Waals surface area contributed by atoms with Gasteiger partial charge in [-0.25, -0.2) is 0 Å². The molecule has 14 heavy (non-hydrogen) atoms. The second-order valence-corrected chi connectivity index (χ2v) is 3.58. The molecule has 2 nitrogen and oxygen atoms in total. The summed E-state index contributed by atoms with van der Waals surface area (Å²) in [5, 5.41) is 8.97. The highest BCUT2D eigenvalue weighted by Crippen LogP contribution is 2.23. The number of hydrogen-bond donors (Lipinski definition) is 0. The third-order valence-corrected chi connectivity index (χ3v) is 2.19. The van der Waals surface area contributed by atoms with E-state index in [1.807, 2.05) is 18.2 Å². The van der Waals surface area contributed by atoms with E-state index in [9.17, 15) is 0 Å². The van der Waals surface area contributed by atoms with Crippen molar-refractivity contribution in [1.82, 2.24) is 0 Å². The van der Waals surface area contributed by atoms with Crippen LogP contribution in [0.4, 0.5) is 0 Å². The van der Waals surface area contributed by atoms with Crippen molar-refractivity contribution in [3.05, 3.63) is 34.9 Å². The maximum absolute atomic E-state index is 8.97. The minimum Gasteiger partial charge on any atom is -0.380 e. The minimum atomic E-state index is 0.357. The molecular formula is C12H15NO. The largest absolute Gasteiger partial charge is 0.380 e. The number of nitriles is 1. The topological polar surface area (TPSA) is 33.0 Å². The maximum atomic E-state index is 8.97. The summed E-state index contributed by atoms with van der Waals surface area (Å²) in [7, 11) is 1.67. The van der Waals surface area contributed by atoms with E-state index in [1.165, 1.54) is 0 Å². The van der Waals surface area contributed by atoms with Gasteiger partial charge < -0.3 is 4.74 Å². The maximum Gasteiger partial charge on any atom is 0.0994 e. The fourth-order valence-corrected chi connectivity index (χ4v) is 1.67. The Kier molecular flexibility index (Phi) is 3.67. The SMILES string of the molecule is COCc1cccc(C#N)c1C(C)C.